The van der Waals surface area contributed by atoms with Crippen molar-refractivity contribution in [2.75, 3.05) is 11.9 Å². The van der Waals surface area contributed by atoms with E-state index in [-0.39, 0.29) is 5.24 Å². The standard InChI is InChI=1S/C15H14ClNOS/c1-11-6-8-14(9-7-11)19-15(18)17(2)13-5-3-4-12(16)10-13/h3-10H,1-2H3. The Hall–Kier alpha value is -1.45. The van der Waals surface area contributed by atoms with Crippen molar-refractivity contribution in [2.45, 2.75) is 11.8 Å². The van der Waals surface area contributed by atoms with Crippen LogP contribution in [-0.2, 0) is 0 Å². The van der Waals surface area contributed by atoms with Gasteiger partial charge in [0.05, 0.1) is 0 Å². The lowest BCUT2D eigenvalue weighted by Crippen LogP contribution is -2.21. The van der Waals surface area contributed by atoms with Crippen molar-refractivity contribution in [1.82, 2.24) is 0 Å². The monoisotopic (exact) mass is 291 g/mol. The number of halogens is 1. The number of thioether (sulfide) groups is 1. The SMILES string of the molecule is Cc1ccc(SC(=O)N(C)c2cccc(Cl)c2)cc1. The largest absolute Gasteiger partial charge is 0.306 e. The predicted octanol–water partition coefficient (Wildman–Crippen LogP) is 5.00. The number of nitrogens with zero attached hydrogens (tertiary/aromatic N) is 1. The molecular weight excluding hydrogens is 278 g/mol. The second-order valence-electron chi connectivity index (χ2n) is 4.22. The number of carbonyl (C=O) groups is 1. The fraction of sp³-hybridized carbons (Fsp3) is 0.133. The molecule has 0 aromatic heterocycles. The van der Waals surface area contributed by atoms with Gasteiger partial charge in [-0.25, -0.2) is 0 Å². The Bertz CT molecular complexity index is 583. The van der Waals surface area contributed by atoms with Crippen LogP contribution >= 0.6 is 23.4 Å². The summed E-state index contributed by atoms with van der Waals surface area (Å²) in [4.78, 5) is 14.7. The highest BCUT2D eigenvalue weighted by Gasteiger charge is 2.12. The van der Waals surface area contributed by atoms with Gasteiger partial charge in [0.1, 0.15) is 0 Å². The second-order valence-corrected chi connectivity index (χ2v) is 5.68. The van der Waals surface area contributed by atoms with E-state index in [1.165, 1.54) is 17.3 Å². The Balaban J connectivity index is 2.09. The normalized spacial score (nSPS) is 10.3. The number of benzene rings is 2. The first-order valence-corrected chi connectivity index (χ1v) is 7.03. The molecule has 2 aromatic rings. The van der Waals surface area contributed by atoms with E-state index in [1.54, 1.807) is 24.1 Å². The Morgan fingerprint density at radius 3 is 2.47 bits per heavy atom. The summed E-state index contributed by atoms with van der Waals surface area (Å²) in [5.41, 5.74) is 1.97. The van der Waals surface area contributed by atoms with Gasteiger partial charge >= 0.3 is 0 Å². The van der Waals surface area contributed by atoms with Crippen LogP contribution in [0.4, 0.5) is 10.5 Å². The molecule has 2 rings (SSSR count). The zero-order chi connectivity index (χ0) is 13.8. The van der Waals surface area contributed by atoms with Crippen LogP contribution in [0.2, 0.25) is 5.02 Å². The number of hydrogen-bond donors (Lipinski definition) is 0. The first-order chi connectivity index (χ1) is 9.06. The maximum absolute atomic E-state index is 12.2. The van der Waals surface area contributed by atoms with Crippen LogP contribution in [0.3, 0.4) is 0 Å². The minimum Gasteiger partial charge on any atom is -0.306 e. The van der Waals surface area contributed by atoms with Crippen LogP contribution < -0.4 is 4.90 Å². The molecule has 0 radical (unpaired) electrons. The van der Waals surface area contributed by atoms with Crippen molar-refractivity contribution in [3.05, 3.63) is 59.1 Å². The van der Waals surface area contributed by atoms with Crippen molar-refractivity contribution in [2.24, 2.45) is 0 Å². The van der Waals surface area contributed by atoms with E-state index in [0.29, 0.717) is 5.02 Å². The number of carbonyl (C=O) groups excluding carboxylic acids is 1. The first kappa shape index (κ1) is 14.0. The summed E-state index contributed by atoms with van der Waals surface area (Å²) in [6.07, 6.45) is 0. The minimum absolute atomic E-state index is 0.0360. The van der Waals surface area contributed by atoms with Crippen LogP contribution in [0.25, 0.3) is 0 Å². The number of rotatable bonds is 2. The van der Waals surface area contributed by atoms with Gasteiger partial charge in [0.15, 0.2) is 0 Å². The molecule has 19 heavy (non-hydrogen) atoms. The highest BCUT2D eigenvalue weighted by molar-refractivity contribution is 8.13. The Morgan fingerprint density at radius 2 is 1.84 bits per heavy atom. The van der Waals surface area contributed by atoms with Crippen LogP contribution in [-0.4, -0.2) is 12.3 Å². The Kier molecular flexibility index (Phi) is 4.51. The lowest BCUT2D eigenvalue weighted by atomic mass is 10.2. The topological polar surface area (TPSA) is 20.3 Å². The molecule has 0 aliphatic rings. The van der Waals surface area contributed by atoms with E-state index in [0.717, 1.165) is 10.6 Å². The van der Waals surface area contributed by atoms with Crippen LogP contribution in [0.5, 0.6) is 0 Å². The van der Waals surface area contributed by atoms with Crippen LogP contribution in [0.1, 0.15) is 5.56 Å². The zero-order valence-electron chi connectivity index (χ0n) is 10.8. The number of amides is 1. The van der Waals surface area contributed by atoms with Crippen molar-refractivity contribution >= 4 is 34.3 Å². The first-order valence-electron chi connectivity index (χ1n) is 5.84. The average molecular weight is 292 g/mol. The molecule has 0 unspecified atom stereocenters. The third-order valence-corrected chi connectivity index (χ3v) is 3.89. The van der Waals surface area contributed by atoms with E-state index < -0.39 is 0 Å². The highest BCUT2D eigenvalue weighted by atomic mass is 35.5. The Morgan fingerprint density at radius 1 is 1.16 bits per heavy atom. The van der Waals surface area contributed by atoms with Gasteiger partial charge in [-0.05, 0) is 49.0 Å². The van der Waals surface area contributed by atoms with E-state index in [9.17, 15) is 4.79 Å². The lowest BCUT2D eigenvalue weighted by molar-refractivity contribution is 0.266. The predicted molar refractivity (Wildman–Crippen MR) is 82.3 cm³/mol. The molecule has 0 spiro atoms. The van der Waals surface area contributed by atoms with Gasteiger partial charge < -0.3 is 4.90 Å². The van der Waals surface area contributed by atoms with Gasteiger partial charge in [0.2, 0.25) is 0 Å². The summed E-state index contributed by atoms with van der Waals surface area (Å²) in [7, 11) is 1.75. The number of anilines is 1. The molecule has 0 fully saturated rings. The molecule has 1 amide bonds. The lowest BCUT2D eigenvalue weighted by Gasteiger charge is -2.16. The molecule has 0 N–H and O–H groups in total. The average Bonchev–Trinajstić information content (AvgIpc) is 2.40. The van der Waals surface area contributed by atoms with E-state index in [4.69, 9.17) is 11.6 Å². The summed E-state index contributed by atoms with van der Waals surface area (Å²) in [6.45, 7) is 2.02. The van der Waals surface area contributed by atoms with Crippen molar-refractivity contribution in [1.29, 1.82) is 0 Å². The van der Waals surface area contributed by atoms with Gasteiger partial charge in [-0.1, -0.05) is 35.4 Å². The van der Waals surface area contributed by atoms with Crippen molar-refractivity contribution < 1.29 is 4.79 Å². The smallest absolute Gasteiger partial charge is 0.290 e. The van der Waals surface area contributed by atoms with Crippen LogP contribution in [0.15, 0.2) is 53.4 Å². The molecule has 0 saturated carbocycles. The third-order valence-electron chi connectivity index (χ3n) is 2.70. The van der Waals surface area contributed by atoms with E-state index >= 15 is 0 Å². The number of aryl methyl sites for hydroxylation is 1. The highest BCUT2D eigenvalue weighted by Crippen LogP contribution is 2.26. The summed E-state index contributed by atoms with van der Waals surface area (Å²) >= 11 is 7.13. The molecule has 0 heterocycles. The fourth-order valence-electron chi connectivity index (χ4n) is 1.57. The van der Waals surface area contributed by atoms with Gasteiger partial charge in [-0.2, -0.15) is 0 Å². The minimum atomic E-state index is -0.0360. The van der Waals surface area contributed by atoms with Gasteiger partial charge in [0, 0.05) is 22.7 Å². The quantitative estimate of drug-likeness (QED) is 0.726. The summed E-state index contributed by atoms with van der Waals surface area (Å²) in [5, 5.41) is 0.587. The van der Waals surface area contributed by atoms with Crippen LogP contribution in [0, 0.1) is 6.92 Å². The second kappa shape index (κ2) is 6.13. The number of hydrogen-bond acceptors (Lipinski definition) is 2. The maximum Gasteiger partial charge on any atom is 0.290 e. The van der Waals surface area contributed by atoms with E-state index in [1.807, 2.05) is 43.3 Å². The molecule has 0 bridgehead atoms. The van der Waals surface area contributed by atoms with Gasteiger partial charge in [-0.3, -0.25) is 4.79 Å². The van der Waals surface area contributed by atoms with Crippen molar-refractivity contribution in [3.63, 3.8) is 0 Å². The van der Waals surface area contributed by atoms with Crippen molar-refractivity contribution in [3.8, 4) is 0 Å². The van der Waals surface area contributed by atoms with Gasteiger partial charge in [-0.15, -0.1) is 0 Å². The molecule has 2 nitrogen and oxygen atoms in total. The molecule has 4 heteroatoms. The molecule has 98 valence electrons. The summed E-state index contributed by atoms with van der Waals surface area (Å²) in [5.74, 6) is 0. The molecular formula is C15H14ClNOS. The fourth-order valence-corrected chi connectivity index (χ4v) is 2.47. The molecule has 2 aromatic carbocycles. The molecule has 0 aliphatic carbocycles. The van der Waals surface area contributed by atoms with E-state index in [2.05, 4.69) is 0 Å². The summed E-state index contributed by atoms with van der Waals surface area (Å²) < 4.78 is 0. The maximum atomic E-state index is 12.2. The molecule has 0 atom stereocenters. The van der Waals surface area contributed by atoms with Gasteiger partial charge in [0.25, 0.3) is 5.24 Å². The molecule has 0 aliphatic heterocycles. The Labute approximate surface area is 122 Å². The molecule has 0 saturated heterocycles. The third kappa shape index (κ3) is 3.75. The zero-order valence-corrected chi connectivity index (χ0v) is 12.3. The summed E-state index contributed by atoms with van der Waals surface area (Å²) in [6, 6.07) is 15.1.